The van der Waals surface area contributed by atoms with Crippen LogP contribution in [0.3, 0.4) is 0 Å². The van der Waals surface area contributed by atoms with Gasteiger partial charge in [-0.2, -0.15) is 0 Å². The molecule has 30 heavy (non-hydrogen) atoms. The summed E-state index contributed by atoms with van der Waals surface area (Å²) in [4.78, 5) is 17.1. The molecule has 1 N–H and O–H groups in total. The van der Waals surface area contributed by atoms with E-state index < -0.39 is 0 Å². The van der Waals surface area contributed by atoms with Gasteiger partial charge in [-0.25, -0.2) is 4.98 Å². The van der Waals surface area contributed by atoms with Crippen LogP contribution in [0.25, 0.3) is 11.0 Å². The summed E-state index contributed by atoms with van der Waals surface area (Å²) in [5, 5.41) is 3.54. The van der Waals surface area contributed by atoms with Gasteiger partial charge in [0, 0.05) is 5.02 Å². The first kappa shape index (κ1) is 20.0. The van der Waals surface area contributed by atoms with E-state index >= 15 is 0 Å². The molecule has 0 aliphatic heterocycles. The highest BCUT2D eigenvalue weighted by molar-refractivity contribution is 6.30. The summed E-state index contributed by atoms with van der Waals surface area (Å²) in [6.45, 7) is 2.38. The molecule has 4 rings (SSSR count). The summed E-state index contributed by atoms with van der Waals surface area (Å²) in [6.07, 6.45) is 0. The topological polar surface area (TPSA) is 56.2 Å². The van der Waals surface area contributed by atoms with Crippen molar-refractivity contribution in [3.63, 3.8) is 0 Å². The Balaban J connectivity index is 1.49. The van der Waals surface area contributed by atoms with Crippen LogP contribution < -0.4 is 10.1 Å². The Labute approximate surface area is 180 Å². The monoisotopic (exact) mass is 419 g/mol. The minimum Gasteiger partial charge on any atom is -0.484 e. The Morgan fingerprint density at radius 2 is 1.73 bits per heavy atom. The van der Waals surface area contributed by atoms with Gasteiger partial charge in [-0.1, -0.05) is 54.1 Å². The molecule has 6 heteroatoms. The fourth-order valence-electron chi connectivity index (χ4n) is 3.44. The van der Waals surface area contributed by atoms with Crippen molar-refractivity contribution in [1.29, 1.82) is 0 Å². The zero-order valence-corrected chi connectivity index (χ0v) is 17.3. The molecule has 0 aliphatic carbocycles. The number of amides is 1. The number of nitrogens with zero attached hydrogens (tertiary/aromatic N) is 2. The molecule has 4 aromatic rings. The number of benzene rings is 3. The first-order valence-electron chi connectivity index (χ1n) is 9.77. The molecule has 1 heterocycles. The second-order valence-electron chi connectivity index (χ2n) is 6.99. The maximum atomic E-state index is 12.3. The van der Waals surface area contributed by atoms with Gasteiger partial charge in [-0.05, 0) is 48.9 Å². The molecular weight excluding hydrogens is 398 g/mol. The number of hydrogen-bond donors (Lipinski definition) is 1. The van der Waals surface area contributed by atoms with Crippen LogP contribution in [0.2, 0.25) is 5.02 Å². The van der Waals surface area contributed by atoms with Crippen LogP contribution in [0.1, 0.15) is 24.4 Å². The van der Waals surface area contributed by atoms with E-state index in [9.17, 15) is 4.79 Å². The highest BCUT2D eigenvalue weighted by atomic mass is 35.5. The molecule has 0 radical (unpaired) electrons. The predicted octanol–water partition coefficient (Wildman–Crippen LogP) is 4.99. The molecule has 0 aliphatic rings. The van der Waals surface area contributed by atoms with Crippen LogP contribution in [0.4, 0.5) is 0 Å². The predicted molar refractivity (Wildman–Crippen MR) is 119 cm³/mol. The maximum absolute atomic E-state index is 12.3. The largest absolute Gasteiger partial charge is 0.484 e. The van der Waals surface area contributed by atoms with E-state index in [4.69, 9.17) is 21.3 Å². The molecule has 1 aromatic heterocycles. The number of carbonyl (C=O) groups excluding carboxylic acids is 1. The van der Waals surface area contributed by atoms with Crippen molar-refractivity contribution in [3.05, 3.63) is 95.3 Å². The molecule has 0 saturated heterocycles. The molecule has 1 atom stereocenters. The van der Waals surface area contributed by atoms with E-state index in [0.717, 1.165) is 16.9 Å². The van der Waals surface area contributed by atoms with Gasteiger partial charge in [0.15, 0.2) is 6.61 Å². The Kier molecular flexibility index (Phi) is 6.00. The highest BCUT2D eigenvalue weighted by Crippen LogP contribution is 2.26. The fraction of sp³-hybridized carbons (Fsp3) is 0.167. The van der Waals surface area contributed by atoms with E-state index in [0.29, 0.717) is 17.3 Å². The third-order valence-corrected chi connectivity index (χ3v) is 5.22. The van der Waals surface area contributed by atoms with E-state index in [1.807, 2.05) is 36.4 Å². The average molecular weight is 420 g/mol. The first-order valence-corrected chi connectivity index (χ1v) is 10.2. The van der Waals surface area contributed by atoms with Crippen LogP contribution in [0, 0.1) is 0 Å². The first-order chi connectivity index (χ1) is 14.6. The van der Waals surface area contributed by atoms with Crippen molar-refractivity contribution in [2.75, 3.05) is 6.61 Å². The van der Waals surface area contributed by atoms with Crippen molar-refractivity contribution in [3.8, 4) is 5.75 Å². The van der Waals surface area contributed by atoms with Gasteiger partial charge in [-0.15, -0.1) is 0 Å². The van der Waals surface area contributed by atoms with Crippen LogP contribution in [-0.4, -0.2) is 22.1 Å². The molecule has 3 aromatic carbocycles. The highest BCUT2D eigenvalue weighted by Gasteiger charge is 2.17. The van der Waals surface area contributed by atoms with Gasteiger partial charge in [-0.3, -0.25) is 4.79 Å². The Morgan fingerprint density at radius 3 is 2.50 bits per heavy atom. The lowest BCUT2D eigenvalue weighted by molar-refractivity contribution is -0.123. The van der Waals surface area contributed by atoms with E-state index in [1.165, 1.54) is 5.56 Å². The van der Waals surface area contributed by atoms with Gasteiger partial charge in [0.25, 0.3) is 5.91 Å². The minimum atomic E-state index is -0.212. The summed E-state index contributed by atoms with van der Waals surface area (Å²) in [6, 6.07) is 25.3. The van der Waals surface area contributed by atoms with E-state index in [-0.39, 0.29) is 18.6 Å². The minimum absolute atomic E-state index is 0.0733. The Bertz CT molecular complexity index is 1140. The summed E-state index contributed by atoms with van der Waals surface area (Å²) in [5.74, 6) is 1.18. The molecule has 1 amide bonds. The molecule has 0 saturated carbocycles. The lowest BCUT2D eigenvalue weighted by Crippen LogP contribution is -2.30. The lowest BCUT2D eigenvalue weighted by atomic mass is 10.1. The van der Waals surface area contributed by atoms with Gasteiger partial charge >= 0.3 is 0 Å². The number of para-hydroxylation sites is 2. The van der Waals surface area contributed by atoms with Crippen LogP contribution in [0.5, 0.6) is 5.75 Å². The number of carbonyl (C=O) groups is 1. The van der Waals surface area contributed by atoms with Gasteiger partial charge in [0.05, 0.1) is 23.6 Å². The summed E-state index contributed by atoms with van der Waals surface area (Å²) < 4.78 is 7.69. The number of imidazole rings is 1. The second kappa shape index (κ2) is 9.01. The van der Waals surface area contributed by atoms with Crippen molar-refractivity contribution in [2.45, 2.75) is 19.5 Å². The molecule has 0 bridgehead atoms. The number of halogens is 1. The third kappa shape index (κ3) is 4.47. The Hall–Kier alpha value is -3.31. The average Bonchev–Trinajstić information content (AvgIpc) is 3.16. The van der Waals surface area contributed by atoms with Crippen molar-refractivity contribution >= 4 is 28.5 Å². The van der Waals surface area contributed by atoms with Crippen LogP contribution in [0.15, 0.2) is 78.9 Å². The number of hydrogen-bond acceptors (Lipinski definition) is 3. The maximum Gasteiger partial charge on any atom is 0.258 e. The molecule has 0 fully saturated rings. The summed E-state index contributed by atoms with van der Waals surface area (Å²) >= 11 is 5.87. The van der Waals surface area contributed by atoms with Gasteiger partial charge in [0.2, 0.25) is 0 Å². The molecule has 152 valence electrons. The van der Waals surface area contributed by atoms with Crippen molar-refractivity contribution in [1.82, 2.24) is 14.9 Å². The number of ether oxygens (including phenoxy) is 1. The number of aromatic nitrogens is 2. The van der Waals surface area contributed by atoms with Gasteiger partial charge < -0.3 is 14.6 Å². The van der Waals surface area contributed by atoms with Crippen molar-refractivity contribution < 1.29 is 9.53 Å². The third-order valence-electron chi connectivity index (χ3n) is 4.97. The summed E-state index contributed by atoms with van der Waals surface area (Å²) in [5.41, 5.74) is 3.12. The molecule has 0 spiro atoms. The van der Waals surface area contributed by atoms with E-state index in [2.05, 4.69) is 35.0 Å². The van der Waals surface area contributed by atoms with Crippen molar-refractivity contribution in [2.24, 2.45) is 0 Å². The van der Waals surface area contributed by atoms with Gasteiger partial charge in [0.1, 0.15) is 11.6 Å². The smallest absolute Gasteiger partial charge is 0.258 e. The quantitative estimate of drug-likeness (QED) is 0.459. The second-order valence-corrected chi connectivity index (χ2v) is 7.43. The SMILES string of the molecule is CC(c1ccccc1)n1c(CNC(=O)COc2ccc(Cl)cc2)nc2ccccc21. The van der Waals surface area contributed by atoms with Crippen LogP contribution in [-0.2, 0) is 11.3 Å². The lowest BCUT2D eigenvalue weighted by Gasteiger charge is -2.18. The van der Waals surface area contributed by atoms with Crippen LogP contribution >= 0.6 is 11.6 Å². The molecular formula is C24H22ClN3O2. The Morgan fingerprint density at radius 1 is 1.03 bits per heavy atom. The summed E-state index contributed by atoms with van der Waals surface area (Å²) in [7, 11) is 0. The molecule has 1 unspecified atom stereocenters. The normalized spacial score (nSPS) is 11.9. The number of rotatable bonds is 7. The standard InChI is InChI=1S/C24H22ClN3O2/c1-17(18-7-3-2-4-8-18)28-22-10-6-5-9-21(22)27-23(28)15-26-24(29)16-30-20-13-11-19(25)12-14-20/h2-14,17H,15-16H2,1H3,(H,26,29). The number of fused-ring (bicyclic) bond motifs is 1. The zero-order chi connectivity index (χ0) is 20.9. The number of nitrogens with one attached hydrogen (secondary N) is 1. The zero-order valence-electron chi connectivity index (χ0n) is 16.6. The fourth-order valence-corrected chi connectivity index (χ4v) is 3.57. The molecule has 5 nitrogen and oxygen atoms in total. The van der Waals surface area contributed by atoms with E-state index in [1.54, 1.807) is 24.3 Å².